The monoisotopic (exact) mass is 319 g/mol. The molecule has 0 spiro atoms. The summed E-state index contributed by atoms with van der Waals surface area (Å²) in [6, 6.07) is 5.45. The minimum absolute atomic E-state index is 0.00753. The van der Waals surface area contributed by atoms with Gasteiger partial charge >= 0.3 is 0 Å². The molecule has 6 nitrogen and oxygen atoms in total. The zero-order chi connectivity index (χ0) is 16.1. The minimum atomic E-state index is 0.00753. The first-order chi connectivity index (χ1) is 11.3. The molecule has 0 N–H and O–H groups in total. The van der Waals surface area contributed by atoms with Crippen LogP contribution in [0.2, 0.25) is 0 Å². The molecule has 6 heteroatoms. The number of hydrogen-bond donors (Lipinski definition) is 0. The van der Waals surface area contributed by atoms with E-state index in [1.165, 1.54) is 0 Å². The molecule has 1 aromatic rings. The van der Waals surface area contributed by atoms with Crippen LogP contribution in [0, 0.1) is 5.92 Å². The summed E-state index contributed by atoms with van der Waals surface area (Å²) in [6.07, 6.45) is 2.77. The van der Waals surface area contributed by atoms with Gasteiger partial charge in [0, 0.05) is 51.9 Å². The summed E-state index contributed by atoms with van der Waals surface area (Å²) in [4.78, 5) is 21.0. The van der Waals surface area contributed by atoms with Crippen molar-refractivity contribution in [2.24, 2.45) is 5.92 Å². The number of nitrogens with zero attached hydrogens (tertiary/aromatic N) is 3. The van der Waals surface area contributed by atoms with Gasteiger partial charge in [0.15, 0.2) is 0 Å². The van der Waals surface area contributed by atoms with Gasteiger partial charge in [-0.15, -0.1) is 0 Å². The lowest BCUT2D eigenvalue weighted by Crippen LogP contribution is -2.49. The Balaban J connectivity index is 1.59. The van der Waals surface area contributed by atoms with Gasteiger partial charge in [-0.1, -0.05) is 6.07 Å². The van der Waals surface area contributed by atoms with Crippen molar-refractivity contribution in [3.63, 3.8) is 0 Å². The van der Waals surface area contributed by atoms with Gasteiger partial charge in [-0.3, -0.25) is 14.7 Å². The molecule has 3 rings (SSSR count). The van der Waals surface area contributed by atoms with Crippen molar-refractivity contribution >= 4 is 5.91 Å². The van der Waals surface area contributed by atoms with E-state index in [2.05, 4.69) is 9.88 Å². The Morgan fingerprint density at radius 3 is 3.09 bits per heavy atom. The first-order valence-electron chi connectivity index (χ1n) is 8.31. The molecule has 2 aliphatic rings. The molecule has 2 fully saturated rings. The minimum Gasteiger partial charge on any atom is -0.383 e. The van der Waals surface area contributed by atoms with Crippen LogP contribution in [0.1, 0.15) is 16.9 Å². The second-order valence-electron chi connectivity index (χ2n) is 6.22. The second-order valence-corrected chi connectivity index (χ2v) is 6.22. The van der Waals surface area contributed by atoms with Gasteiger partial charge in [-0.05, 0) is 18.6 Å². The van der Waals surface area contributed by atoms with Crippen LogP contribution in [-0.4, -0.2) is 79.8 Å². The average Bonchev–Trinajstić information content (AvgIpc) is 2.81. The quantitative estimate of drug-likeness (QED) is 0.825. The molecule has 2 aliphatic heterocycles. The van der Waals surface area contributed by atoms with Crippen LogP contribution < -0.4 is 0 Å². The van der Waals surface area contributed by atoms with Crippen LogP contribution in [0.25, 0.3) is 0 Å². The molecule has 2 saturated heterocycles. The van der Waals surface area contributed by atoms with E-state index in [1.807, 2.05) is 17.0 Å². The summed E-state index contributed by atoms with van der Waals surface area (Å²) in [5.74, 6) is 0.496. The fraction of sp³-hybridized carbons (Fsp3) is 0.647. The number of carbonyl (C=O) groups excluding carboxylic acids is 1. The van der Waals surface area contributed by atoms with Gasteiger partial charge < -0.3 is 14.4 Å². The van der Waals surface area contributed by atoms with Gasteiger partial charge in [0.25, 0.3) is 5.91 Å². The van der Waals surface area contributed by atoms with Gasteiger partial charge in [0.05, 0.1) is 19.3 Å². The zero-order valence-electron chi connectivity index (χ0n) is 13.7. The summed E-state index contributed by atoms with van der Waals surface area (Å²) < 4.78 is 11.2. The highest BCUT2D eigenvalue weighted by Gasteiger charge is 2.35. The molecule has 1 aromatic heterocycles. The van der Waals surface area contributed by atoms with E-state index in [4.69, 9.17) is 9.47 Å². The third kappa shape index (κ3) is 4.07. The number of amides is 1. The number of fused-ring (bicyclic) bond motifs is 1. The predicted molar refractivity (Wildman–Crippen MR) is 86.3 cm³/mol. The van der Waals surface area contributed by atoms with Gasteiger partial charge in [-0.25, -0.2) is 0 Å². The second kappa shape index (κ2) is 7.86. The molecule has 0 bridgehead atoms. The topological polar surface area (TPSA) is 54.9 Å². The Morgan fingerprint density at radius 1 is 1.39 bits per heavy atom. The lowest BCUT2D eigenvalue weighted by atomic mass is 9.93. The number of ether oxygens (including phenoxy) is 2. The molecular weight excluding hydrogens is 294 g/mol. The predicted octanol–water partition coefficient (Wildman–Crippen LogP) is 0.891. The highest BCUT2D eigenvalue weighted by atomic mass is 16.5. The lowest BCUT2D eigenvalue weighted by Gasteiger charge is -2.37. The normalized spacial score (nSPS) is 25.7. The number of hydrogen-bond acceptors (Lipinski definition) is 5. The number of aromatic nitrogens is 1. The van der Waals surface area contributed by atoms with Crippen molar-refractivity contribution in [3.05, 3.63) is 30.1 Å². The molecule has 2 atom stereocenters. The highest BCUT2D eigenvalue weighted by Crippen LogP contribution is 2.24. The number of carbonyl (C=O) groups is 1. The number of methoxy groups -OCH3 is 1. The van der Waals surface area contributed by atoms with Crippen LogP contribution in [0.3, 0.4) is 0 Å². The maximum atomic E-state index is 12.5. The fourth-order valence-corrected chi connectivity index (χ4v) is 3.38. The fourth-order valence-electron chi connectivity index (χ4n) is 3.38. The molecule has 0 radical (unpaired) electrons. The summed E-state index contributed by atoms with van der Waals surface area (Å²) >= 11 is 0. The molecule has 3 heterocycles. The molecule has 23 heavy (non-hydrogen) atoms. The van der Waals surface area contributed by atoms with Crippen molar-refractivity contribution in [1.82, 2.24) is 14.8 Å². The highest BCUT2D eigenvalue weighted by molar-refractivity contribution is 5.92. The third-order valence-electron chi connectivity index (χ3n) is 4.71. The maximum Gasteiger partial charge on any atom is 0.272 e. The van der Waals surface area contributed by atoms with Crippen molar-refractivity contribution < 1.29 is 14.3 Å². The zero-order valence-corrected chi connectivity index (χ0v) is 13.7. The standard InChI is InChI=1S/C17H25N3O3/c1-22-10-8-19-9-11-23-16-13-20(7-5-14(16)12-19)17(21)15-4-2-3-6-18-15/h2-4,6,14,16H,5,7-13H2,1H3/t14-,16-/m0/s1. The molecule has 0 unspecified atom stereocenters. The summed E-state index contributed by atoms with van der Waals surface area (Å²) in [5, 5.41) is 0. The SMILES string of the molecule is COCCN1CCO[C@H]2CN(C(=O)c3ccccn3)CC[C@H]2C1. The first-order valence-corrected chi connectivity index (χ1v) is 8.31. The molecule has 126 valence electrons. The Hall–Kier alpha value is -1.50. The largest absolute Gasteiger partial charge is 0.383 e. The van der Waals surface area contributed by atoms with E-state index in [-0.39, 0.29) is 12.0 Å². The molecule has 0 aliphatic carbocycles. The van der Waals surface area contributed by atoms with E-state index in [0.29, 0.717) is 18.2 Å². The Morgan fingerprint density at radius 2 is 2.30 bits per heavy atom. The van der Waals surface area contributed by atoms with E-state index in [1.54, 1.807) is 19.4 Å². The van der Waals surface area contributed by atoms with E-state index in [9.17, 15) is 4.79 Å². The molecule has 1 amide bonds. The molecule has 0 aromatic carbocycles. The number of likely N-dealkylation sites (tertiary alicyclic amines) is 1. The number of piperidine rings is 1. The van der Waals surface area contributed by atoms with Crippen LogP contribution in [0.4, 0.5) is 0 Å². The Kier molecular flexibility index (Phi) is 5.59. The summed E-state index contributed by atoms with van der Waals surface area (Å²) in [7, 11) is 1.73. The molecular formula is C17H25N3O3. The van der Waals surface area contributed by atoms with Crippen molar-refractivity contribution in [2.45, 2.75) is 12.5 Å². The van der Waals surface area contributed by atoms with Crippen molar-refractivity contribution in [3.8, 4) is 0 Å². The number of rotatable bonds is 4. The Labute approximate surface area is 137 Å². The van der Waals surface area contributed by atoms with Crippen molar-refractivity contribution in [2.75, 3.05) is 53.0 Å². The van der Waals surface area contributed by atoms with Gasteiger partial charge in [-0.2, -0.15) is 0 Å². The third-order valence-corrected chi connectivity index (χ3v) is 4.71. The van der Waals surface area contributed by atoms with Crippen LogP contribution in [-0.2, 0) is 9.47 Å². The first kappa shape index (κ1) is 16.4. The van der Waals surface area contributed by atoms with E-state index < -0.39 is 0 Å². The van der Waals surface area contributed by atoms with Crippen LogP contribution >= 0.6 is 0 Å². The van der Waals surface area contributed by atoms with Crippen LogP contribution in [0.15, 0.2) is 24.4 Å². The average molecular weight is 319 g/mol. The summed E-state index contributed by atoms with van der Waals surface area (Å²) in [5.41, 5.74) is 0.515. The van der Waals surface area contributed by atoms with Gasteiger partial charge in [0.1, 0.15) is 5.69 Å². The van der Waals surface area contributed by atoms with Crippen LogP contribution in [0.5, 0.6) is 0 Å². The van der Waals surface area contributed by atoms with E-state index in [0.717, 1.165) is 45.8 Å². The Bertz CT molecular complexity index is 511. The smallest absolute Gasteiger partial charge is 0.272 e. The van der Waals surface area contributed by atoms with E-state index >= 15 is 0 Å². The lowest BCUT2D eigenvalue weighted by molar-refractivity contribution is -0.0172. The maximum absolute atomic E-state index is 12.5. The van der Waals surface area contributed by atoms with Gasteiger partial charge in [0.2, 0.25) is 0 Å². The van der Waals surface area contributed by atoms with Crippen molar-refractivity contribution in [1.29, 1.82) is 0 Å². The number of pyridine rings is 1. The summed E-state index contributed by atoms with van der Waals surface area (Å²) in [6.45, 7) is 5.82. The molecule has 0 saturated carbocycles.